The van der Waals surface area contributed by atoms with E-state index in [9.17, 15) is 9.59 Å². The number of pyridine rings is 2. The topological polar surface area (TPSA) is 84.0 Å². The number of hydrogen-bond donors (Lipinski definition) is 2. The summed E-state index contributed by atoms with van der Waals surface area (Å²) in [5, 5.41) is 6.31. The van der Waals surface area contributed by atoms with Crippen LogP contribution < -0.4 is 10.6 Å². The maximum absolute atomic E-state index is 11.4. The number of hydrogen-bond acceptors (Lipinski definition) is 4. The van der Waals surface area contributed by atoms with Gasteiger partial charge in [-0.25, -0.2) is 9.97 Å². The molecule has 4 rings (SSSR count). The monoisotopic (exact) mass is 492 g/mol. The number of alkyl halides is 2. The Morgan fingerprint density at radius 2 is 1.62 bits per heavy atom. The average molecular weight is 495 g/mol. The van der Waals surface area contributed by atoms with Crippen molar-refractivity contribution in [3.8, 4) is 0 Å². The third-order valence-corrected chi connectivity index (χ3v) is 5.51. The van der Waals surface area contributed by atoms with Crippen LogP contribution in [-0.4, -0.2) is 21.8 Å². The Kier molecular flexibility index (Phi) is 4.83. The second kappa shape index (κ2) is 6.59. The molecule has 0 spiro atoms. The van der Waals surface area contributed by atoms with E-state index in [0.29, 0.717) is 33.7 Å². The number of carbonyl (C=O) groups excluding carboxylic acids is 2. The molecule has 24 heavy (non-hydrogen) atoms. The molecule has 2 aromatic rings. The molecule has 0 saturated carbocycles. The van der Waals surface area contributed by atoms with Crippen molar-refractivity contribution in [3.63, 3.8) is 0 Å². The van der Waals surface area contributed by atoms with E-state index in [0.717, 1.165) is 5.56 Å². The van der Waals surface area contributed by atoms with Crippen molar-refractivity contribution in [3.05, 3.63) is 45.7 Å². The van der Waals surface area contributed by atoms with Gasteiger partial charge >= 0.3 is 0 Å². The quantitative estimate of drug-likeness (QED) is 0.545. The highest BCUT2D eigenvalue weighted by atomic mass is 79.9. The fourth-order valence-corrected chi connectivity index (χ4v) is 3.94. The molecule has 0 saturated heterocycles. The summed E-state index contributed by atoms with van der Waals surface area (Å²) in [5.41, 5.74) is 1.43. The van der Waals surface area contributed by atoms with E-state index in [2.05, 4.69) is 52.5 Å². The zero-order valence-corrected chi connectivity index (χ0v) is 16.4. The predicted molar refractivity (Wildman–Crippen MR) is 99.0 cm³/mol. The van der Waals surface area contributed by atoms with Crippen LogP contribution in [0.1, 0.15) is 11.1 Å². The average Bonchev–Trinajstić information content (AvgIpc) is 2.99. The molecule has 2 aliphatic heterocycles. The van der Waals surface area contributed by atoms with E-state index in [1.165, 1.54) is 0 Å². The van der Waals surface area contributed by atoms with Gasteiger partial charge in [0.25, 0.3) is 5.91 Å². The summed E-state index contributed by atoms with van der Waals surface area (Å²) in [6.07, 6.45) is 3.47. The van der Waals surface area contributed by atoms with Gasteiger partial charge < -0.3 is 10.6 Å². The van der Waals surface area contributed by atoms with Gasteiger partial charge in [-0.15, -0.1) is 0 Å². The molecule has 0 aromatic carbocycles. The van der Waals surface area contributed by atoms with Gasteiger partial charge in [-0.05, 0) is 12.1 Å². The molecule has 0 fully saturated rings. The summed E-state index contributed by atoms with van der Waals surface area (Å²) in [4.78, 5) is 30.2. The maximum Gasteiger partial charge on any atom is 0.258 e. The molecule has 2 amide bonds. The summed E-state index contributed by atoms with van der Waals surface area (Å²) < 4.78 is -0.944. The van der Waals surface area contributed by atoms with Crippen molar-refractivity contribution < 1.29 is 9.59 Å². The Morgan fingerprint density at radius 1 is 1.00 bits per heavy atom. The molecule has 0 unspecified atom stereocenters. The third-order valence-electron chi connectivity index (χ3n) is 3.33. The van der Waals surface area contributed by atoms with Crippen LogP contribution in [0.3, 0.4) is 0 Å². The van der Waals surface area contributed by atoms with Crippen molar-refractivity contribution >= 4 is 78.5 Å². The van der Waals surface area contributed by atoms with Crippen LogP contribution in [0.5, 0.6) is 0 Å². The Hall–Kier alpha value is -1.22. The summed E-state index contributed by atoms with van der Waals surface area (Å²) in [5.74, 6) is 0.831. The number of nitrogens with one attached hydrogen (secondary N) is 2. The van der Waals surface area contributed by atoms with Crippen molar-refractivity contribution in [2.45, 2.75) is 9.65 Å². The molecular weight excluding hydrogens is 487 g/mol. The highest BCUT2D eigenvalue weighted by Gasteiger charge is 2.45. The van der Waals surface area contributed by atoms with E-state index < -0.39 is 3.23 Å². The number of rotatable bonds is 0. The van der Waals surface area contributed by atoms with E-state index >= 15 is 0 Å². The number of halogens is 4. The van der Waals surface area contributed by atoms with E-state index in [1.54, 1.807) is 24.5 Å². The van der Waals surface area contributed by atoms with Crippen molar-refractivity contribution in [2.75, 3.05) is 10.6 Å². The van der Waals surface area contributed by atoms with Gasteiger partial charge in [-0.3, -0.25) is 9.59 Å². The maximum atomic E-state index is 11.4. The highest BCUT2D eigenvalue weighted by molar-refractivity contribution is 9.25. The lowest BCUT2D eigenvalue weighted by Crippen LogP contribution is -2.20. The zero-order chi connectivity index (χ0) is 17.5. The second-order valence-electron chi connectivity index (χ2n) is 4.89. The molecular formula is C14H8Br2Cl2N4O2. The number of carbonyl (C=O) groups is 2. The first-order valence-electron chi connectivity index (χ1n) is 6.58. The zero-order valence-electron chi connectivity index (χ0n) is 11.7. The fourth-order valence-electron chi connectivity index (χ4n) is 2.21. The molecule has 0 aliphatic carbocycles. The van der Waals surface area contributed by atoms with Crippen molar-refractivity contribution in [2.24, 2.45) is 0 Å². The first-order valence-corrected chi connectivity index (χ1v) is 8.92. The lowest BCUT2D eigenvalue weighted by atomic mass is 10.2. The van der Waals surface area contributed by atoms with Gasteiger partial charge in [0.2, 0.25) is 5.91 Å². The minimum atomic E-state index is -0.944. The Morgan fingerprint density at radius 3 is 2.25 bits per heavy atom. The second-order valence-corrected chi connectivity index (χ2v) is 9.15. The SMILES string of the molecule is O=C1Cc2c(Cl)ccnc2N1.O=C1Nc2nccc(Cl)c2C1(Br)Br. The summed E-state index contributed by atoms with van der Waals surface area (Å²) in [6.45, 7) is 0. The number of nitrogens with zero attached hydrogens (tertiary/aromatic N) is 2. The molecule has 4 heterocycles. The minimum absolute atomic E-state index is 0.0411. The normalized spacial score (nSPS) is 16.5. The number of aromatic nitrogens is 2. The molecule has 2 N–H and O–H groups in total. The van der Waals surface area contributed by atoms with Gasteiger partial charge in [0.05, 0.1) is 17.0 Å². The highest BCUT2D eigenvalue weighted by Crippen LogP contribution is 2.49. The Balaban J connectivity index is 0.000000143. The molecule has 2 aromatic heterocycles. The Bertz CT molecular complexity index is 861. The van der Waals surface area contributed by atoms with Crippen LogP contribution in [0, 0.1) is 0 Å². The van der Waals surface area contributed by atoms with Crippen LogP contribution in [0.2, 0.25) is 10.0 Å². The lowest BCUT2D eigenvalue weighted by Gasteiger charge is -2.10. The molecule has 10 heteroatoms. The van der Waals surface area contributed by atoms with Gasteiger partial charge in [0, 0.05) is 23.0 Å². The van der Waals surface area contributed by atoms with Crippen molar-refractivity contribution in [1.82, 2.24) is 9.97 Å². The van der Waals surface area contributed by atoms with Gasteiger partial charge in [0.15, 0.2) is 3.23 Å². The number of anilines is 2. The largest absolute Gasteiger partial charge is 0.310 e. The summed E-state index contributed by atoms with van der Waals surface area (Å²) >= 11 is 18.2. The molecule has 0 atom stereocenters. The smallest absolute Gasteiger partial charge is 0.258 e. The van der Waals surface area contributed by atoms with Gasteiger partial charge in [-0.1, -0.05) is 55.1 Å². The van der Waals surface area contributed by atoms with Crippen LogP contribution in [0.15, 0.2) is 24.5 Å². The first kappa shape index (κ1) is 17.6. The summed E-state index contributed by atoms with van der Waals surface area (Å²) in [7, 11) is 0. The third kappa shape index (κ3) is 3.15. The molecule has 0 radical (unpaired) electrons. The van der Waals surface area contributed by atoms with Crippen LogP contribution in [0.4, 0.5) is 11.6 Å². The van der Waals surface area contributed by atoms with Crippen LogP contribution in [-0.2, 0) is 19.2 Å². The van der Waals surface area contributed by atoms with E-state index in [-0.39, 0.29) is 11.8 Å². The van der Waals surface area contributed by atoms with Gasteiger partial charge in [0.1, 0.15) is 11.6 Å². The Labute approximate surface area is 163 Å². The predicted octanol–water partition coefficient (Wildman–Crippen LogP) is 3.86. The van der Waals surface area contributed by atoms with Crippen LogP contribution in [0.25, 0.3) is 0 Å². The molecule has 0 bridgehead atoms. The lowest BCUT2D eigenvalue weighted by molar-refractivity contribution is -0.116. The molecule has 124 valence electrons. The standard InChI is InChI=1S/C7H3Br2ClN2O.C7H5ClN2O/c8-7(9)4-3(10)1-2-11-5(4)12-6(7)13;8-5-1-2-9-7-4(5)3-6(11)10-7/h1-2H,(H,11,12,13);1-2H,3H2,(H,9,10,11). The number of amides is 2. The molecule has 2 aliphatic rings. The van der Waals surface area contributed by atoms with E-state index in [4.69, 9.17) is 23.2 Å². The van der Waals surface area contributed by atoms with Gasteiger partial charge in [-0.2, -0.15) is 0 Å². The minimum Gasteiger partial charge on any atom is -0.310 e. The van der Waals surface area contributed by atoms with E-state index in [1.807, 2.05) is 0 Å². The summed E-state index contributed by atoms with van der Waals surface area (Å²) in [6, 6.07) is 3.32. The first-order chi connectivity index (χ1) is 11.3. The fraction of sp³-hybridized carbons (Fsp3) is 0.143. The van der Waals surface area contributed by atoms with Crippen LogP contribution >= 0.6 is 55.1 Å². The molecule has 6 nitrogen and oxygen atoms in total. The van der Waals surface area contributed by atoms with Crippen molar-refractivity contribution in [1.29, 1.82) is 0 Å². The number of fused-ring (bicyclic) bond motifs is 2.